The molecule has 0 aliphatic rings. The summed E-state index contributed by atoms with van der Waals surface area (Å²) in [6.07, 6.45) is 1.61. The van der Waals surface area contributed by atoms with E-state index in [9.17, 15) is 4.79 Å². The second-order valence-electron chi connectivity index (χ2n) is 4.09. The third-order valence-corrected chi connectivity index (χ3v) is 2.86. The van der Waals surface area contributed by atoms with Crippen molar-refractivity contribution in [2.24, 2.45) is 11.5 Å². The van der Waals surface area contributed by atoms with Crippen LogP contribution in [0.1, 0.15) is 21.5 Å². The molecule has 0 saturated carbocycles. The van der Waals surface area contributed by atoms with Crippen LogP contribution in [0.15, 0.2) is 42.6 Å². The number of carbonyl (C=O) groups excluding carboxylic acids is 1. The third-order valence-electron chi connectivity index (χ3n) is 2.86. The van der Waals surface area contributed by atoms with Crippen LogP contribution in [0.5, 0.6) is 0 Å². The molecule has 2 rings (SSSR count). The van der Waals surface area contributed by atoms with Crippen LogP contribution in [0.4, 0.5) is 5.82 Å². The third kappa shape index (κ3) is 3.08. The van der Waals surface area contributed by atoms with Crippen molar-refractivity contribution in [3.8, 4) is 0 Å². The number of rotatable bonds is 5. The average Bonchev–Trinajstić information content (AvgIpc) is 2.45. The lowest BCUT2D eigenvalue weighted by atomic mass is 10.1. The summed E-state index contributed by atoms with van der Waals surface area (Å²) in [5.74, 6) is -0.00969. The molecular weight excluding hydrogens is 240 g/mol. The highest BCUT2D eigenvalue weighted by Crippen LogP contribution is 2.14. The molecule has 98 valence electrons. The molecule has 0 atom stereocenters. The maximum absolute atomic E-state index is 11.3. The predicted molar refractivity (Wildman–Crippen MR) is 74.4 cm³/mol. The van der Waals surface area contributed by atoms with Crippen LogP contribution in [0.25, 0.3) is 0 Å². The maximum Gasteiger partial charge on any atom is 0.252 e. The summed E-state index contributed by atoms with van der Waals surface area (Å²) in [7, 11) is 0. The van der Waals surface area contributed by atoms with Crippen molar-refractivity contribution in [3.63, 3.8) is 0 Å². The Hall–Kier alpha value is -2.40. The topological polar surface area (TPSA) is 94.0 Å². The van der Waals surface area contributed by atoms with Gasteiger partial charge in [-0.25, -0.2) is 4.98 Å². The molecular formula is C14H16N4O. The number of nitrogens with one attached hydrogen (secondary N) is 1. The highest BCUT2D eigenvalue weighted by molar-refractivity contribution is 5.97. The number of aromatic nitrogens is 1. The van der Waals surface area contributed by atoms with Gasteiger partial charge in [-0.15, -0.1) is 0 Å². The van der Waals surface area contributed by atoms with Gasteiger partial charge in [0, 0.05) is 19.3 Å². The number of nitrogens with two attached hydrogens (primary N) is 2. The Bertz CT molecular complexity index is 583. The van der Waals surface area contributed by atoms with Crippen LogP contribution in [0, 0.1) is 0 Å². The Labute approximate surface area is 111 Å². The van der Waals surface area contributed by atoms with Crippen molar-refractivity contribution in [1.82, 2.24) is 4.98 Å². The second kappa shape index (κ2) is 5.97. The molecule has 1 aromatic carbocycles. The molecule has 19 heavy (non-hydrogen) atoms. The van der Waals surface area contributed by atoms with Crippen LogP contribution in [0.2, 0.25) is 0 Å². The van der Waals surface area contributed by atoms with E-state index >= 15 is 0 Å². The van der Waals surface area contributed by atoms with Crippen molar-refractivity contribution >= 4 is 11.7 Å². The van der Waals surface area contributed by atoms with Crippen LogP contribution >= 0.6 is 0 Å². The Morgan fingerprint density at radius 3 is 2.58 bits per heavy atom. The first-order valence-electron chi connectivity index (χ1n) is 5.98. The van der Waals surface area contributed by atoms with Gasteiger partial charge in [0.2, 0.25) is 0 Å². The lowest BCUT2D eigenvalue weighted by molar-refractivity contribution is 0.100. The van der Waals surface area contributed by atoms with Gasteiger partial charge >= 0.3 is 0 Å². The smallest absolute Gasteiger partial charge is 0.252 e. The van der Waals surface area contributed by atoms with Gasteiger partial charge in [0.25, 0.3) is 5.91 Å². The molecule has 0 fully saturated rings. The van der Waals surface area contributed by atoms with E-state index < -0.39 is 5.91 Å². The fraction of sp³-hybridized carbons (Fsp3) is 0.143. The van der Waals surface area contributed by atoms with Crippen molar-refractivity contribution < 1.29 is 4.79 Å². The van der Waals surface area contributed by atoms with Gasteiger partial charge in [0.1, 0.15) is 5.82 Å². The number of primary amides is 1. The number of benzene rings is 1. The van der Waals surface area contributed by atoms with Crippen molar-refractivity contribution in [2.75, 3.05) is 5.32 Å². The standard InChI is InChI=1S/C14H16N4O/c15-8-10-4-1-2-5-11(10)9-18-14-12(13(16)19)6-3-7-17-14/h1-7H,8-9,15H2,(H2,16,19)(H,17,18). The summed E-state index contributed by atoms with van der Waals surface area (Å²) in [5, 5.41) is 3.12. The number of anilines is 1. The first-order chi connectivity index (χ1) is 9.22. The van der Waals surface area contributed by atoms with Crippen LogP contribution < -0.4 is 16.8 Å². The van der Waals surface area contributed by atoms with E-state index in [1.807, 2.05) is 24.3 Å². The summed E-state index contributed by atoms with van der Waals surface area (Å²) in [6.45, 7) is 1.02. The van der Waals surface area contributed by atoms with Crippen LogP contribution in [0.3, 0.4) is 0 Å². The zero-order valence-electron chi connectivity index (χ0n) is 10.5. The normalized spacial score (nSPS) is 10.2. The molecule has 5 N–H and O–H groups in total. The SMILES string of the molecule is NCc1ccccc1CNc1ncccc1C(N)=O. The molecule has 1 aromatic heterocycles. The second-order valence-corrected chi connectivity index (χ2v) is 4.09. The lowest BCUT2D eigenvalue weighted by Crippen LogP contribution is -2.15. The number of amides is 1. The van der Waals surface area contributed by atoms with Crippen molar-refractivity contribution in [2.45, 2.75) is 13.1 Å². The van der Waals surface area contributed by atoms with Crippen LogP contribution in [-0.4, -0.2) is 10.9 Å². The molecule has 0 saturated heterocycles. The molecule has 5 heteroatoms. The van der Waals surface area contributed by atoms with Crippen molar-refractivity contribution in [3.05, 3.63) is 59.3 Å². The largest absolute Gasteiger partial charge is 0.365 e. The van der Waals surface area contributed by atoms with Gasteiger partial charge in [0.05, 0.1) is 5.56 Å². The predicted octanol–water partition coefficient (Wildman–Crippen LogP) is 1.25. The fourth-order valence-electron chi connectivity index (χ4n) is 1.85. The Kier molecular flexibility index (Phi) is 4.10. The average molecular weight is 256 g/mol. The molecule has 0 aliphatic heterocycles. The van der Waals surface area contributed by atoms with E-state index in [1.54, 1.807) is 18.3 Å². The zero-order chi connectivity index (χ0) is 13.7. The van der Waals surface area contributed by atoms with E-state index in [2.05, 4.69) is 10.3 Å². The summed E-state index contributed by atoms with van der Waals surface area (Å²) >= 11 is 0. The molecule has 5 nitrogen and oxygen atoms in total. The molecule has 0 unspecified atom stereocenters. The monoisotopic (exact) mass is 256 g/mol. The summed E-state index contributed by atoms with van der Waals surface area (Å²) in [4.78, 5) is 15.4. The van der Waals surface area contributed by atoms with Gasteiger partial charge in [-0.1, -0.05) is 24.3 Å². The molecule has 2 aromatic rings. The minimum Gasteiger partial charge on any atom is -0.365 e. The van der Waals surface area contributed by atoms with Crippen LogP contribution in [-0.2, 0) is 13.1 Å². The van der Waals surface area contributed by atoms with Gasteiger partial charge < -0.3 is 16.8 Å². The number of hydrogen-bond acceptors (Lipinski definition) is 4. The van der Waals surface area contributed by atoms with E-state index in [-0.39, 0.29) is 0 Å². The van der Waals surface area contributed by atoms with E-state index in [1.165, 1.54) is 0 Å². The van der Waals surface area contributed by atoms with E-state index in [0.717, 1.165) is 11.1 Å². The van der Waals surface area contributed by atoms with Gasteiger partial charge in [-0.2, -0.15) is 0 Å². The Balaban J connectivity index is 2.17. The lowest BCUT2D eigenvalue weighted by Gasteiger charge is -2.11. The minimum atomic E-state index is -0.497. The highest BCUT2D eigenvalue weighted by atomic mass is 16.1. The Morgan fingerprint density at radius 1 is 1.16 bits per heavy atom. The van der Waals surface area contributed by atoms with Gasteiger partial charge in [-0.3, -0.25) is 4.79 Å². The number of hydrogen-bond donors (Lipinski definition) is 3. The zero-order valence-corrected chi connectivity index (χ0v) is 10.5. The summed E-state index contributed by atoms with van der Waals surface area (Å²) in [5.41, 5.74) is 13.5. The van der Waals surface area contributed by atoms with Gasteiger partial charge in [-0.05, 0) is 23.3 Å². The maximum atomic E-state index is 11.3. The molecule has 0 bridgehead atoms. The highest BCUT2D eigenvalue weighted by Gasteiger charge is 2.08. The molecule has 0 aliphatic carbocycles. The first-order valence-corrected chi connectivity index (χ1v) is 5.98. The van der Waals surface area contributed by atoms with Crippen molar-refractivity contribution in [1.29, 1.82) is 0 Å². The molecule has 1 amide bonds. The van der Waals surface area contributed by atoms with E-state index in [0.29, 0.717) is 24.5 Å². The Morgan fingerprint density at radius 2 is 1.89 bits per heavy atom. The van der Waals surface area contributed by atoms with E-state index in [4.69, 9.17) is 11.5 Å². The number of nitrogens with zero attached hydrogens (tertiary/aromatic N) is 1. The molecule has 0 radical (unpaired) electrons. The number of pyridine rings is 1. The first kappa shape index (κ1) is 13.0. The quantitative estimate of drug-likeness (QED) is 0.750. The minimum absolute atomic E-state index is 0.382. The number of carbonyl (C=O) groups is 1. The summed E-state index contributed by atoms with van der Waals surface area (Å²) in [6, 6.07) is 11.2. The molecule has 1 heterocycles. The van der Waals surface area contributed by atoms with Gasteiger partial charge in [0.15, 0.2) is 0 Å². The summed E-state index contributed by atoms with van der Waals surface area (Å²) < 4.78 is 0. The molecule has 0 spiro atoms. The fourth-order valence-corrected chi connectivity index (χ4v) is 1.85.